The predicted octanol–water partition coefficient (Wildman–Crippen LogP) is 3.06. The van der Waals surface area contributed by atoms with Crippen LogP contribution in [0.1, 0.15) is 42.3 Å². The summed E-state index contributed by atoms with van der Waals surface area (Å²) in [5.74, 6) is 1.86. The minimum Gasteiger partial charge on any atom is -0.491 e. The average Bonchev–Trinajstić information content (AvgIpc) is 3.09. The van der Waals surface area contributed by atoms with Gasteiger partial charge in [-0.05, 0) is 62.2 Å². The molecule has 2 aromatic carbocycles. The summed E-state index contributed by atoms with van der Waals surface area (Å²) >= 11 is 0. The first kappa shape index (κ1) is 18.1. The fraction of sp³-hybridized carbons (Fsp3) is 0.350. The number of fused-ring (bicyclic) bond motifs is 1. The quantitative estimate of drug-likeness (QED) is 0.796. The molecule has 6 heteroatoms. The number of carbonyl (C=O) groups is 1. The summed E-state index contributed by atoms with van der Waals surface area (Å²) in [7, 11) is 0. The zero-order chi connectivity index (χ0) is 18.5. The fourth-order valence-corrected chi connectivity index (χ4v) is 2.67. The molecule has 6 nitrogen and oxygen atoms in total. The average molecular weight is 357 g/mol. The summed E-state index contributed by atoms with van der Waals surface area (Å²) < 4.78 is 16.1. The van der Waals surface area contributed by atoms with E-state index in [1.807, 2.05) is 13.8 Å². The molecule has 0 bridgehead atoms. The Kier molecular flexibility index (Phi) is 5.63. The van der Waals surface area contributed by atoms with Crippen molar-refractivity contribution in [2.45, 2.75) is 32.5 Å². The van der Waals surface area contributed by atoms with Crippen LogP contribution in [0, 0.1) is 0 Å². The highest BCUT2D eigenvalue weighted by molar-refractivity contribution is 5.94. The Balaban J connectivity index is 1.48. The van der Waals surface area contributed by atoms with Gasteiger partial charge in [0.25, 0.3) is 5.91 Å². The van der Waals surface area contributed by atoms with Crippen molar-refractivity contribution in [3.63, 3.8) is 0 Å². The van der Waals surface area contributed by atoms with Crippen molar-refractivity contribution in [2.75, 3.05) is 13.3 Å². The third kappa shape index (κ3) is 4.46. The van der Waals surface area contributed by atoms with Gasteiger partial charge in [-0.25, -0.2) is 0 Å². The third-order valence-corrected chi connectivity index (χ3v) is 3.97. The van der Waals surface area contributed by atoms with Gasteiger partial charge in [0, 0.05) is 12.1 Å². The number of ether oxygens (including phenoxy) is 3. The lowest BCUT2D eigenvalue weighted by atomic mass is 10.1. The Labute approximate surface area is 152 Å². The Morgan fingerprint density at radius 2 is 1.88 bits per heavy atom. The van der Waals surface area contributed by atoms with Crippen molar-refractivity contribution in [3.8, 4) is 17.2 Å². The Bertz CT molecular complexity index is 757. The SMILES string of the molecule is CC(C)Oc1ccc(C(=O)NCCC(O)c2ccc3c(c2)OCO3)cc1. The smallest absolute Gasteiger partial charge is 0.251 e. The van der Waals surface area contributed by atoms with E-state index in [9.17, 15) is 9.90 Å². The maximum absolute atomic E-state index is 12.2. The molecule has 1 unspecified atom stereocenters. The molecule has 3 rings (SSSR count). The molecule has 0 fully saturated rings. The molecule has 0 aliphatic carbocycles. The summed E-state index contributed by atoms with van der Waals surface area (Å²) in [5, 5.41) is 13.1. The first-order valence-corrected chi connectivity index (χ1v) is 8.65. The molecule has 1 aliphatic rings. The molecule has 138 valence electrons. The molecule has 0 spiro atoms. The van der Waals surface area contributed by atoms with Crippen LogP contribution in [0.5, 0.6) is 17.2 Å². The highest BCUT2D eigenvalue weighted by Crippen LogP contribution is 2.34. The first-order valence-electron chi connectivity index (χ1n) is 8.65. The molecule has 2 N–H and O–H groups in total. The second-order valence-electron chi connectivity index (χ2n) is 6.36. The van der Waals surface area contributed by atoms with E-state index >= 15 is 0 Å². The summed E-state index contributed by atoms with van der Waals surface area (Å²) in [6.45, 7) is 4.46. The van der Waals surface area contributed by atoms with Gasteiger partial charge in [0.1, 0.15) is 5.75 Å². The molecule has 0 saturated carbocycles. The van der Waals surface area contributed by atoms with Crippen LogP contribution in [-0.4, -0.2) is 30.5 Å². The van der Waals surface area contributed by atoms with Crippen LogP contribution in [0.25, 0.3) is 0 Å². The summed E-state index contributed by atoms with van der Waals surface area (Å²) in [5.41, 5.74) is 1.29. The maximum atomic E-state index is 12.2. The molecular formula is C20H23NO5. The van der Waals surface area contributed by atoms with Crippen LogP contribution in [0.3, 0.4) is 0 Å². The molecule has 26 heavy (non-hydrogen) atoms. The van der Waals surface area contributed by atoms with Gasteiger partial charge in [0.05, 0.1) is 12.2 Å². The lowest BCUT2D eigenvalue weighted by Gasteiger charge is -2.13. The van der Waals surface area contributed by atoms with E-state index in [0.29, 0.717) is 30.0 Å². The van der Waals surface area contributed by atoms with Crippen LogP contribution >= 0.6 is 0 Å². The van der Waals surface area contributed by atoms with E-state index < -0.39 is 6.10 Å². The van der Waals surface area contributed by atoms with Gasteiger partial charge in [0.2, 0.25) is 6.79 Å². The third-order valence-electron chi connectivity index (χ3n) is 3.97. The highest BCUT2D eigenvalue weighted by Gasteiger charge is 2.16. The van der Waals surface area contributed by atoms with Crippen molar-refractivity contribution < 1.29 is 24.1 Å². The molecule has 1 heterocycles. The van der Waals surface area contributed by atoms with E-state index in [1.165, 1.54) is 0 Å². The van der Waals surface area contributed by atoms with Crippen LogP contribution in [0.4, 0.5) is 0 Å². The number of hydrogen-bond donors (Lipinski definition) is 2. The highest BCUT2D eigenvalue weighted by atomic mass is 16.7. The molecule has 0 radical (unpaired) electrons. The number of hydrogen-bond acceptors (Lipinski definition) is 5. The molecule has 2 aromatic rings. The lowest BCUT2D eigenvalue weighted by Crippen LogP contribution is -2.25. The van der Waals surface area contributed by atoms with Crippen molar-refractivity contribution in [1.29, 1.82) is 0 Å². The van der Waals surface area contributed by atoms with E-state index in [0.717, 1.165) is 11.3 Å². The van der Waals surface area contributed by atoms with Gasteiger partial charge in [-0.2, -0.15) is 0 Å². The molecule has 1 amide bonds. The minimum atomic E-state index is -0.688. The second kappa shape index (κ2) is 8.10. The monoisotopic (exact) mass is 357 g/mol. The Morgan fingerprint density at radius 1 is 1.15 bits per heavy atom. The Hall–Kier alpha value is -2.73. The topological polar surface area (TPSA) is 77.0 Å². The molecule has 0 aromatic heterocycles. The summed E-state index contributed by atoms with van der Waals surface area (Å²) in [6, 6.07) is 12.3. The number of benzene rings is 2. The zero-order valence-corrected chi connectivity index (χ0v) is 14.9. The minimum absolute atomic E-state index is 0.0901. The first-order chi connectivity index (χ1) is 12.5. The van der Waals surface area contributed by atoms with Crippen LogP contribution in [0.2, 0.25) is 0 Å². The lowest BCUT2D eigenvalue weighted by molar-refractivity contribution is 0.0942. The molecular weight excluding hydrogens is 334 g/mol. The number of nitrogens with one attached hydrogen (secondary N) is 1. The number of rotatable bonds is 7. The second-order valence-corrected chi connectivity index (χ2v) is 6.36. The maximum Gasteiger partial charge on any atom is 0.251 e. The summed E-state index contributed by atoms with van der Waals surface area (Å²) in [6.07, 6.45) is -0.195. The van der Waals surface area contributed by atoms with Crippen molar-refractivity contribution in [1.82, 2.24) is 5.32 Å². The zero-order valence-electron chi connectivity index (χ0n) is 14.9. The number of amides is 1. The summed E-state index contributed by atoms with van der Waals surface area (Å²) in [4.78, 5) is 12.2. The van der Waals surface area contributed by atoms with Gasteiger partial charge < -0.3 is 24.6 Å². The van der Waals surface area contributed by atoms with Gasteiger partial charge in [-0.1, -0.05) is 6.07 Å². The molecule has 0 saturated heterocycles. The number of aliphatic hydroxyl groups is 1. The predicted molar refractivity (Wildman–Crippen MR) is 96.7 cm³/mol. The van der Waals surface area contributed by atoms with E-state index in [2.05, 4.69) is 5.32 Å². The van der Waals surface area contributed by atoms with E-state index in [4.69, 9.17) is 14.2 Å². The standard InChI is InChI=1S/C20H23NO5/c1-13(2)26-16-6-3-14(4-7-16)20(23)21-10-9-17(22)15-5-8-18-19(11-15)25-12-24-18/h3-8,11,13,17,22H,9-10,12H2,1-2H3,(H,21,23). The van der Waals surface area contributed by atoms with Crippen LogP contribution in [-0.2, 0) is 0 Å². The largest absolute Gasteiger partial charge is 0.491 e. The molecule has 1 atom stereocenters. The van der Waals surface area contributed by atoms with Crippen LogP contribution in [0.15, 0.2) is 42.5 Å². The number of aliphatic hydroxyl groups excluding tert-OH is 1. The molecule has 1 aliphatic heterocycles. The van der Waals surface area contributed by atoms with E-state index in [1.54, 1.807) is 42.5 Å². The Morgan fingerprint density at radius 3 is 2.62 bits per heavy atom. The normalized spacial score (nSPS) is 13.5. The van der Waals surface area contributed by atoms with Crippen molar-refractivity contribution in [2.24, 2.45) is 0 Å². The van der Waals surface area contributed by atoms with Crippen molar-refractivity contribution in [3.05, 3.63) is 53.6 Å². The van der Waals surface area contributed by atoms with Gasteiger partial charge in [-0.15, -0.1) is 0 Å². The van der Waals surface area contributed by atoms with Gasteiger partial charge in [-0.3, -0.25) is 4.79 Å². The van der Waals surface area contributed by atoms with E-state index in [-0.39, 0.29) is 18.8 Å². The van der Waals surface area contributed by atoms with Gasteiger partial charge >= 0.3 is 0 Å². The number of carbonyl (C=O) groups excluding carboxylic acids is 1. The van der Waals surface area contributed by atoms with Crippen molar-refractivity contribution >= 4 is 5.91 Å². The van der Waals surface area contributed by atoms with Gasteiger partial charge in [0.15, 0.2) is 11.5 Å². The fourth-order valence-electron chi connectivity index (χ4n) is 2.67. The van der Waals surface area contributed by atoms with Crippen LogP contribution < -0.4 is 19.5 Å².